The zero-order valence-corrected chi connectivity index (χ0v) is 16.0. The van der Waals surface area contributed by atoms with Crippen molar-refractivity contribution in [3.63, 3.8) is 0 Å². The van der Waals surface area contributed by atoms with E-state index in [1.54, 1.807) is 23.9 Å². The minimum atomic E-state index is -0.306. The Kier molecular flexibility index (Phi) is 6.01. The van der Waals surface area contributed by atoms with E-state index in [2.05, 4.69) is 16.0 Å². The Morgan fingerprint density at radius 2 is 2.04 bits per heavy atom. The van der Waals surface area contributed by atoms with E-state index in [4.69, 9.17) is 0 Å². The summed E-state index contributed by atoms with van der Waals surface area (Å²) in [5, 5.41) is 8.59. The summed E-state index contributed by atoms with van der Waals surface area (Å²) in [7, 11) is 0. The van der Waals surface area contributed by atoms with Gasteiger partial charge in [0.1, 0.15) is 5.82 Å². The third-order valence-electron chi connectivity index (χ3n) is 4.37. The molecule has 1 heterocycles. The smallest absolute Gasteiger partial charge is 0.315 e. The number of carbonyl (C=O) groups is 2. The number of urea groups is 1. The number of hydrogen-bond acceptors (Lipinski definition) is 3. The highest BCUT2D eigenvalue weighted by Gasteiger charge is 2.23. The molecule has 0 aromatic heterocycles. The van der Waals surface area contributed by atoms with Crippen LogP contribution in [0.5, 0.6) is 0 Å². The molecule has 142 valence electrons. The second-order valence-electron chi connectivity index (χ2n) is 6.52. The quantitative estimate of drug-likeness (QED) is 0.729. The Bertz CT molecular complexity index is 859. The molecule has 0 saturated heterocycles. The minimum absolute atomic E-state index is 0.147. The maximum atomic E-state index is 13.6. The van der Waals surface area contributed by atoms with Gasteiger partial charge in [-0.3, -0.25) is 4.79 Å². The molecule has 1 aliphatic rings. The van der Waals surface area contributed by atoms with Crippen LogP contribution in [0.3, 0.4) is 0 Å². The van der Waals surface area contributed by atoms with Crippen LogP contribution < -0.4 is 16.0 Å². The second-order valence-corrected chi connectivity index (χ2v) is 7.65. The van der Waals surface area contributed by atoms with Gasteiger partial charge < -0.3 is 16.0 Å². The highest BCUT2D eigenvalue weighted by molar-refractivity contribution is 7.99. The molecule has 27 heavy (non-hydrogen) atoms. The lowest BCUT2D eigenvalue weighted by Crippen LogP contribution is -2.40. The Morgan fingerprint density at radius 1 is 1.22 bits per heavy atom. The normalized spacial score (nSPS) is 16.8. The van der Waals surface area contributed by atoms with Crippen molar-refractivity contribution in [2.45, 2.75) is 37.2 Å². The fraction of sp³-hybridized carbons (Fsp3) is 0.300. The van der Waals surface area contributed by atoms with Crippen molar-refractivity contribution in [3.8, 4) is 0 Å². The van der Waals surface area contributed by atoms with E-state index < -0.39 is 0 Å². The minimum Gasteiger partial charge on any atom is -0.332 e. The third kappa shape index (κ3) is 5.01. The molecule has 0 radical (unpaired) electrons. The average molecular weight is 387 g/mol. The topological polar surface area (TPSA) is 70.2 Å². The molecule has 3 rings (SSSR count). The molecule has 3 amide bonds. The molecule has 2 aromatic rings. The Hall–Kier alpha value is -2.54. The molecule has 0 fully saturated rings. The first-order valence-electron chi connectivity index (χ1n) is 8.79. The van der Waals surface area contributed by atoms with Crippen LogP contribution in [0.1, 0.15) is 43.5 Å². The van der Waals surface area contributed by atoms with Gasteiger partial charge in [-0.15, -0.1) is 11.8 Å². The van der Waals surface area contributed by atoms with Gasteiger partial charge in [0, 0.05) is 23.3 Å². The summed E-state index contributed by atoms with van der Waals surface area (Å²) < 4.78 is 13.6. The molecule has 2 aromatic carbocycles. The van der Waals surface area contributed by atoms with Crippen molar-refractivity contribution in [2.75, 3.05) is 11.1 Å². The number of fused-ring (bicyclic) bond motifs is 1. The summed E-state index contributed by atoms with van der Waals surface area (Å²) in [6, 6.07) is 11.3. The van der Waals surface area contributed by atoms with Crippen molar-refractivity contribution in [3.05, 3.63) is 59.4 Å². The number of thioether (sulfide) groups is 1. The summed E-state index contributed by atoms with van der Waals surface area (Å²) in [5.41, 5.74) is 2.38. The van der Waals surface area contributed by atoms with Crippen LogP contribution in [0.25, 0.3) is 0 Å². The maximum absolute atomic E-state index is 13.6. The molecule has 0 saturated carbocycles. The molecular weight excluding hydrogens is 365 g/mol. The summed E-state index contributed by atoms with van der Waals surface area (Å²) in [6.45, 7) is 3.32. The van der Waals surface area contributed by atoms with Gasteiger partial charge in [-0.2, -0.15) is 0 Å². The second kappa shape index (κ2) is 8.43. The van der Waals surface area contributed by atoms with Crippen molar-refractivity contribution < 1.29 is 14.0 Å². The number of amides is 3. The number of anilines is 1. The molecule has 0 bridgehead atoms. The Morgan fingerprint density at radius 3 is 2.81 bits per heavy atom. The van der Waals surface area contributed by atoms with E-state index >= 15 is 0 Å². The number of rotatable bonds is 4. The third-order valence-corrected chi connectivity index (χ3v) is 5.49. The number of benzene rings is 2. The summed E-state index contributed by atoms with van der Waals surface area (Å²) in [5.74, 6) is 0.427. The van der Waals surface area contributed by atoms with Gasteiger partial charge in [-0.1, -0.05) is 12.1 Å². The predicted octanol–water partition coefficient (Wildman–Crippen LogP) is 4.38. The van der Waals surface area contributed by atoms with Gasteiger partial charge in [0.05, 0.1) is 12.1 Å². The lowest BCUT2D eigenvalue weighted by molar-refractivity contribution is -0.114. The van der Waals surface area contributed by atoms with E-state index in [1.807, 2.05) is 25.1 Å². The predicted molar refractivity (Wildman–Crippen MR) is 105 cm³/mol. The highest BCUT2D eigenvalue weighted by Crippen LogP contribution is 2.36. The van der Waals surface area contributed by atoms with Gasteiger partial charge in [-0.25, -0.2) is 9.18 Å². The van der Waals surface area contributed by atoms with E-state index in [9.17, 15) is 14.0 Å². The molecule has 0 unspecified atom stereocenters. The van der Waals surface area contributed by atoms with E-state index in [-0.39, 0.29) is 29.8 Å². The van der Waals surface area contributed by atoms with Gasteiger partial charge in [0.2, 0.25) is 5.91 Å². The van der Waals surface area contributed by atoms with Gasteiger partial charge >= 0.3 is 6.03 Å². The van der Waals surface area contributed by atoms with Crippen molar-refractivity contribution in [1.82, 2.24) is 10.6 Å². The molecule has 2 atom stereocenters. The Balaban J connectivity index is 1.65. The standard InChI is InChI=1S/C20H22FN3O2S/c1-12(14-4-3-5-16(10-14)23-13(2)25)22-20(26)24-18-8-9-27-19-7-6-15(21)11-17(18)19/h3-7,10-12,18H,8-9H2,1-2H3,(H,23,25)(H2,22,24,26)/t12-,18+/m0/s1. The summed E-state index contributed by atoms with van der Waals surface area (Å²) in [4.78, 5) is 24.7. The van der Waals surface area contributed by atoms with Crippen LogP contribution in [0, 0.1) is 5.82 Å². The van der Waals surface area contributed by atoms with Crippen LogP contribution in [0.4, 0.5) is 14.9 Å². The summed E-state index contributed by atoms with van der Waals surface area (Å²) in [6.07, 6.45) is 0.751. The molecule has 3 N–H and O–H groups in total. The fourth-order valence-electron chi connectivity index (χ4n) is 3.08. The first kappa shape index (κ1) is 19.2. The summed E-state index contributed by atoms with van der Waals surface area (Å²) >= 11 is 1.67. The van der Waals surface area contributed by atoms with Crippen LogP contribution in [-0.2, 0) is 4.79 Å². The molecular formula is C20H22FN3O2S. The molecule has 1 aliphatic heterocycles. The van der Waals surface area contributed by atoms with Crippen LogP contribution >= 0.6 is 11.8 Å². The van der Waals surface area contributed by atoms with Crippen molar-refractivity contribution in [1.29, 1.82) is 0 Å². The first-order chi connectivity index (χ1) is 12.9. The lowest BCUT2D eigenvalue weighted by atomic mass is 10.0. The number of hydrogen-bond donors (Lipinski definition) is 3. The van der Waals surface area contributed by atoms with Gasteiger partial charge in [-0.05, 0) is 54.8 Å². The maximum Gasteiger partial charge on any atom is 0.315 e. The Labute approximate surface area is 162 Å². The number of nitrogens with one attached hydrogen (secondary N) is 3. The monoisotopic (exact) mass is 387 g/mol. The van der Waals surface area contributed by atoms with Crippen LogP contribution in [0.2, 0.25) is 0 Å². The highest BCUT2D eigenvalue weighted by atomic mass is 32.2. The molecule has 5 nitrogen and oxygen atoms in total. The molecule has 0 spiro atoms. The van der Waals surface area contributed by atoms with Crippen molar-refractivity contribution >= 4 is 29.4 Å². The van der Waals surface area contributed by atoms with Gasteiger partial charge in [0.15, 0.2) is 0 Å². The molecule has 7 heteroatoms. The largest absolute Gasteiger partial charge is 0.332 e. The number of carbonyl (C=O) groups excluding carboxylic acids is 2. The zero-order valence-electron chi connectivity index (χ0n) is 15.2. The van der Waals surface area contributed by atoms with Crippen LogP contribution in [-0.4, -0.2) is 17.7 Å². The zero-order chi connectivity index (χ0) is 19.4. The van der Waals surface area contributed by atoms with E-state index in [0.717, 1.165) is 28.2 Å². The fourth-order valence-corrected chi connectivity index (χ4v) is 4.19. The first-order valence-corrected chi connectivity index (χ1v) is 9.78. The average Bonchev–Trinajstić information content (AvgIpc) is 2.62. The van der Waals surface area contributed by atoms with Crippen molar-refractivity contribution in [2.24, 2.45) is 0 Å². The van der Waals surface area contributed by atoms with Gasteiger partial charge in [0.25, 0.3) is 0 Å². The lowest BCUT2D eigenvalue weighted by Gasteiger charge is -2.27. The SMILES string of the molecule is CC(=O)Nc1cccc([C@H](C)NC(=O)N[C@@H]2CCSc3ccc(F)cc32)c1. The van der Waals surface area contributed by atoms with E-state index in [1.165, 1.54) is 19.1 Å². The van der Waals surface area contributed by atoms with E-state index in [0.29, 0.717) is 5.69 Å². The molecule has 0 aliphatic carbocycles. The van der Waals surface area contributed by atoms with Crippen LogP contribution in [0.15, 0.2) is 47.4 Å². The number of halogens is 1.